The molecule has 2 aromatic rings. The average molecular weight is 355 g/mol. The van der Waals surface area contributed by atoms with Gasteiger partial charge < -0.3 is 10.4 Å². The lowest BCUT2D eigenvalue weighted by atomic mass is 9.85. The minimum Gasteiger partial charge on any atom is -0.480 e. The number of carboxylic acids is 1. The van der Waals surface area contributed by atoms with Gasteiger partial charge in [0.15, 0.2) is 5.82 Å². The number of rotatable bonds is 7. The Morgan fingerprint density at radius 1 is 1.27 bits per heavy atom. The zero-order valence-corrected chi connectivity index (χ0v) is 15.4. The standard InChI is InChI=1S/C19H25N5O2/c1-4-24(11-17(25)26)16-9-15(10-16)22-18-12(2)13(3)21-19(23-18)14-5-7-20-8-6-14/h5-8,15-16H,4,9-11H2,1-3H3,(H,25,26)(H,21,22,23). The first-order valence-electron chi connectivity index (χ1n) is 8.96. The van der Waals surface area contributed by atoms with E-state index in [2.05, 4.69) is 15.3 Å². The summed E-state index contributed by atoms with van der Waals surface area (Å²) in [6, 6.07) is 4.42. The van der Waals surface area contributed by atoms with Crippen LogP contribution in [0.4, 0.5) is 5.82 Å². The van der Waals surface area contributed by atoms with Gasteiger partial charge in [-0.2, -0.15) is 0 Å². The lowest BCUT2D eigenvalue weighted by molar-refractivity contribution is -0.139. The van der Waals surface area contributed by atoms with Crippen LogP contribution < -0.4 is 5.32 Å². The molecule has 7 nitrogen and oxygen atoms in total. The molecule has 2 aromatic heterocycles. The number of likely N-dealkylation sites (N-methyl/N-ethyl adjacent to an activating group) is 1. The van der Waals surface area contributed by atoms with Gasteiger partial charge in [-0.3, -0.25) is 14.7 Å². The molecule has 0 saturated heterocycles. The summed E-state index contributed by atoms with van der Waals surface area (Å²) < 4.78 is 0. The number of hydrogen-bond acceptors (Lipinski definition) is 6. The maximum Gasteiger partial charge on any atom is 0.317 e. The van der Waals surface area contributed by atoms with E-state index in [9.17, 15) is 4.79 Å². The smallest absolute Gasteiger partial charge is 0.317 e. The van der Waals surface area contributed by atoms with Crippen LogP contribution in [0.15, 0.2) is 24.5 Å². The number of hydrogen-bond donors (Lipinski definition) is 2. The summed E-state index contributed by atoms with van der Waals surface area (Å²) in [5, 5.41) is 12.5. The van der Waals surface area contributed by atoms with Crippen molar-refractivity contribution in [2.75, 3.05) is 18.4 Å². The van der Waals surface area contributed by atoms with E-state index in [0.717, 1.165) is 42.0 Å². The van der Waals surface area contributed by atoms with E-state index in [4.69, 9.17) is 10.1 Å². The van der Waals surface area contributed by atoms with Gasteiger partial charge in [0.2, 0.25) is 0 Å². The van der Waals surface area contributed by atoms with Crippen LogP contribution in [0.25, 0.3) is 11.4 Å². The zero-order valence-electron chi connectivity index (χ0n) is 15.4. The summed E-state index contributed by atoms with van der Waals surface area (Å²) in [5.74, 6) is 0.775. The van der Waals surface area contributed by atoms with E-state index < -0.39 is 5.97 Å². The number of nitrogens with zero attached hydrogens (tertiary/aromatic N) is 4. The largest absolute Gasteiger partial charge is 0.480 e. The van der Waals surface area contributed by atoms with Crippen LogP contribution in [0.5, 0.6) is 0 Å². The fourth-order valence-corrected chi connectivity index (χ4v) is 3.27. The third-order valence-electron chi connectivity index (χ3n) is 5.04. The second-order valence-corrected chi connectivity index (χ2v) is 6.77. The van der Waals surface area contributed by atoms with E-state index in [0.29, 0.717) is 17.9 Å². The second kappa shape index (κ2) is 7.78. The zero-order chi connectivity index (χ0) is 18.7. The molecule has 0 atom stereocenters. The van der Waals surface area contributed by atoms with Crippen molar-refractivity contribution in [1.82, 2.24) is 19.9 Å². The molecular weight excluding hydrogens is 330 g/mol. The van der Waals surface area contributed by atoms with Crippen molar-refractivity contribution in [3.05, 3.63) is 35.8 Å². The molecule has 1 aliphatic carbocycles. The van der Waals surface area contributed by atoms with Crippen LogP contribution in [0.3, 0.4) is 0 Å². The highest BCUT2D eigenvalue weighted by molar-refractivity contribution is 5.69. The molecule has 0 spiro atoms. The molecule has 138 valence electrons. The predicted octanol–water partition coefficient (Wildman–Crippen LogP) is 2.50. The quantitative estimate of drug-likeness (QED) is 0.788. The average Bonchev–Trinajstić information content (AvgIpc) is 2.60. The molecule has 0 unspecified atom stereocenters. The van der Waals surface area contributed by atoms with Crippen molar-refractivity contribution in [2.45, 2.75) is 45.7 Å². The third-order valence-corrected chi connectivity index (χ3v) is 5.04. The molecule has 1 fully saturated rings. The second-order valence-electron chi connectivity index (χ2n) is 6.77. The highest BCUT2D eigenvalue weighted by Crippen LogP contribution is 2.30. The summed E-state index contributed by atoms with van der Waals surface area (Å²) >= 11 is 0. The van der Waals surface area contributed by atoms with E-state index in [1.165, 1.54) is 0 Å². The van der Waals surface area contributed by atoms with Crippen molar-refractivity contribution in [2.24, 2.45) is 0 Å². The fraction of sp³-hybridized carbons (Fsp3) is 0.474. The van der Waals surface area contributed by atoms with Crippen molar-refractivity contribution in [3.8, 4) is 11.4 Å². The Kier molecular flexibility index (Phi) is 5.46. The lowest BCUT2D eigenvalue weighted by Crippen LogP contribution is -2.51. The SMILES string of the molecule is CCN(CC(=O)O)C1CC(Nc2nc(-c3ccncc3)nc(C)c2C)C1. The number of aromatic nitrogens is 3. The summed E-state index contributed by atoms with van der Waals surface area (Å²) in [6.45, 7) is 6.87. The molecule has 0 aliphatic heterocycles. The fourth-order valence-electron chi connectivity index (χ4n) is 3.27. The molecule has 3 rings (SSSR count). The Hall–Kier alpha value is -2.54. The molecule has 1 saturated carbocycles. The summed E-state index contributed by atoms with van der Waals surface area (Å²) in [4.78, 5) is 26.3. The highest BCUT2D eigenvalue weighted by atomic mass is 16.4. The first kappa shape index (κ1) is 18.3. The molecule has 0 aromatic carbocycles. The lowest BCUT2D eigenvalue weighted by Gasteiger charge is -2.42. The first-order chi connectivity index (χ1) is 12.5. The van der Waals surface area contributed by atoms with Gasteiger partial charge in [0.1, 0.15) is 5.82 Å². The van der Waals surface area contributed by atoms with Crippen LogP contribution in [0.1, 0.15) is 31.0 Å². The van der Waals surface area contributed by atoms with Crippen LogP contribution >= 0.6 is 0 Å². The van der Waals surface area contributed by atoms with Crippen LogP contribution in [-0.4, -0.2) is 56.1 Å². The maximum absolute atomic E-state index is 11.0. The molecule has 0 radical (unpaired) electrons. The molecule has 26 heavy (non-hydrogen) atoms. The van der Waals surface area contributed by atoms with Gasteiger partial charge >= 0.3 is 5.97 Å². The third kappa shape index (κ3) is 3.99. The van der Waals surface area contributed by atoms with Crippen molar-refractivity contribution >= 4 is 11.8 Å². The van der Waals surface area contributed by atoms with Gasteiger partial charge in [-0.25, -0.2) is 9.97 Å². The monoisotopic (exact) mass is 355 g/mol. The summed E-state index contributed by atoms with van der Waals surface area (Å²) in [5.41, 5.74) is 2.94. The number of anilines is 1. The van der Waals surface area contributed by atoms with Gasteiger partial charge in [0.25, 0.3) is 0 Å². The minimum absolute atomic E-state index is 0.103. The number of carbonyl (C=O) groups is 1. The Bertz CT molecular complexity index is 775. The minimum atomic E-state index is -0.771. The topological polar surface area (TPSA) is 91.2 Å². The summed E-state index contributed by atoms with van der Waals surface area (Å²) in [7, 11) is 0. The molecule has 0 amide bonds. The van der Waals surface area contributed by atoms with E-state index in [1.807, 2.05) is 37.8 Å². The summed E-state index contributed by atoms with van der Waals surface area (Å²) in [6.07, 6.45) is 5.32. The van der Waals surface area contributed by atoms with E-state index in [1.54, 1.807) is 12.4 Å². The van der Waals surface area contributed by atoms with Crippen molar-refractivity contribution in [1.29, 1.82) is 0 Å². The Morgan fingerprint density at radius 3 is 2.58 bits per heavy atom. The van der Waals surface area contributed by atoms with Gasteiger partial charge in [-0.1, -0.05) is 6.92 Å². The van der Waals surface area contributed by atoms with E-state index in [-0.39, 0.29) is 6.54 Å². The van der Waals surface area contributed by atoms with Crippen LogP contribution in [-0.2, 0) is 4.79 Å². The van der Waals surface area contributed by atoms with Gasteiger partial charge in [-0.05, 0) is 45.4 Å². The molecule has 7 heteroatoms. The van der Waals surface area contributed by atoms with Crippen LogP contribution in [0, 0.1) is 13.8 Å². The van der Waals surface area contributed by atoms with E-state index >= 15 is 0 Å². The number of aliphatic carboxylic acids is 1. The Morgan fingerprint density at radius 2 is 1.96 bits per heavy atom. The van der Waals surface area contributed by atoms with Crippen molar-refractivity contribution < 1.29 is 9.90 Å². The van der Waals surface area contributed by atoms with Gasteiger partial charge in [0.05, 0.1) is 6.54 Å². The van der Waals surface area contributed by atoms with Gasteiger partial charge in [0, 0.05) is 41.3 Å². The normalized spacial score (nSPS) is 19.2. The highest BCUT2D eigenvalue weighted by Gasteiger charge is 2.34. The Labute approximate surface area is 153 Å². The van der Waals surface area contributed by atoms with Crippen LogP contribution in [0.2, 0.25) is 0 Å². The Balaban J connectivity index is 1.69. The maximum atomic E-state index is 11.0. The van der Waals surface area contributed by atoms with Crippen molar-refractivity contribution in [3.63, 3.8) is 0 Å². The number of pyridine rings is 1. The molecular formula is C19H25N5O2. The number of nitrogens with one attached hydrogen (secondary N) is 1. The number of carboxylic acid groups (broad SMARTS) is 1. The van der Waals surface area contributed by atoms with Gasteiger partial charge in [-0.15, -0.1) is 0 Å². The molecule has 1 aliphatic rings. The molecule has 2 heterocycles. The first-order valence-corrected chi connectivity index (χ1v) is 8.96. The molecule has 2 N–H and O–H groups in total. The molecule has 0 bridgehead atoms. The number of aryl methyl sites for hydroxylation is 1. The predicted molar refractivity (Wildman–Crippen MR) is 100 cm³/mol.